The minimum absolute atomic E-state index is 0. The van der Waals surface area contributed by atoms with Crippen molar-refractivity contribution in [2.24, 2.45) is 11.8 Å². The Bertz CT molecular complexity index is 1510. The number of ether oxygens (including phenoxy) is 2. The first-order chi connectivity index (χ1) is 24.3. The summed E-state index contributed by atoms with van der Waals surface area (Å²) in [5.74, 6) is 1.66. The van der Waals surface area contributed by atoms with Crippen molar-refractivity contribution >= 4 is 12.1 Å². The topological polar surface area (TPSA) is 120 Å². The van der Waals surface area contributed by atoms with Crippen molar-refractivity contribution in [2.45, 2.75) is 82.1 Å². The van der Waals surface area contributed by atoms with Crippen molar-refractivity contribution in [2.75, 3.05) is 51.3 Å². The van der Waals surface area contributed by atoms with E-state index in [2.05, 4.69) is 41.8 Å². The molecule has 51 heavy (non-hydrogen) atoms. The number of rotatable bonds is 18. The Morgan fingerprint density at radius 2 is 1.69 bits per heavy atom. The van der Waals surface area contributed by atoms with Crippen molar-refractivity contribution in [3.8, 4) is 11.5 Å². The van der Waals surface area contributed by atoms with Gasteiger partial charge in [0.15, 0.2) is 0 Å². The number of anilines is 1. The van der Waals surface area contributed by atoms with Gasteiger partial charge in [0, 0.05) is 37.8 Å². The number of piperidine rings is 3. The number of benzene rings is 3. The van der Waals surface area contributed by atoms with E-state index in [1.54, 1.807) is 12.1 Å². The van der Waals surface area contributed by atoms with E-state index < -0.39 is 11.7 Å². The summed E-state index contributed by atoms with van der Waals surface area (Å²) in [5, 5.41) is 38.6. The molecule has 9 nitrogen and oxygen atoms in total. The number of hydrogen-bond acceptors (Lipinski definition) is 7. The summed E-state index contributed by atoms with van der Waals surface area (Å²) in [7, 11) is 0. The van der Waals surface area contributed by atoms with Crippen molar-refractivity contribution in [3.63, 3.8) is 0 Å². The minimum atomic E-state index is -0.916. The van der Waals surface area contributed by atoms with Gasteiger partial charge in [0.05, 0.1) is 44.6 Å². The number of fused-ring (bicyclic) bond motifs is 3. The number of aromatic hydroxyl groups is 1. The van der Waals surface area contributed by atoms with E-state index in [1.807, 2.05) is 30.3 Å². The maximum atomic E-state index is 12.0. The number of aliphatic hydroxyl groups excluding tert-OH is 1. The van der Waals surface area contributed by atoms with Gasteiger partial charge in [-0.25, -0.2) is 0 Å². The molecule has 0 aromatic heterocycles. The Morgan fingerprint density at radius 1 is 0.980 bits per heavy atom. The molecule has 4 aliphatic rings. The standard InChI is InChI=1S/C41H55N3O6.BrH/c1-2-36(42-26-39(47)32-15-18-38(46)37(25-32)43-29-45)30-13-16-35(17-14-30)49-24-8-21-44-22-19-31(20-23-44)40(27-44)50-28-41(48,34-11-6-7-12-34)33-9-4-3-5-10-33;/h3-5,9-10,13-18,25,29,31,34,36,39-40,42,47-48H,2,6-8,11-12,19-24,26-28H2,1H3,(H-,43,45,46);1H/t31?,36?,39-,40-,41+,44?;/m0./s1. The van der Waals surface area contributed by atoms with Gasteiger partial charge in [0.2, 0.25) is 6.41 Å². The third-order valence-electron chi connectivity index (χ3n) is 11.8. The smallest absolute Gasteiger partial charge is 0.211 e. The normalized spacial score (nSPS) is 23.9. The highest BCUT2D eigenvalue weighted by atomic mass is 79.9. The van der Waals surface area contributed by atoms with Crippen LogP contribution in [-0.4, -0.2) is 78.3 Å². The first kappa shape index (κ1) is 39.2. The quantitative estimate of drug-likeness (QED) is 0.0585. The molecule has 7 rings (SSSR count). The molecule has 4 fully saturated rings. The van der Waals surface area contributed by atoms with Gasteiger partial charge in [-0.1, -0.05) is 68.3 Å². The number of hydrogen-bond donors (Lipinski definition) is 5. The molecule has 10 heteroatoms. The summed E-state index contributed by atoms with van der Waals surface area (Å²) in [6.45, 7) is 7.99. The highest BCUT2D eigenvalue weighted by Crippen LogP contribution is 2.43. The van der Waals surface area contributed by atoms with Crippen LogP contribution in [0.2, 0.25) is 0 Å². The molecule has 5 N–H and O–H groups in total. The van der Waals surface area contributed by atoms with Crippen LogP contribution in [0.25, 0.3) is 0 Å². The first-order valence-electron chi connectivity index (χ1n) is 18.7. The molecular weight excluding hydrogens is 710 g/mol. The maximum absolute atomic E-state index is 12.0. The van der Waals surface area contributed by atoms with Gasteiger partial charge in [-0.15, -0.1) is 0 Å². The zero-order valence-electron chi connectivity index (χ0n) is 29.9. The molecule has 3 heterocycles. The summed E-state index contributed by atoms with van der Waals surface area (Å²) >= 11 is 0. The number of nitrogens with one attached hydrogen (secondary N) is 2. The molecule has 4 atom stereocenters. The SMILES string of the molecule is CCC(NC[C@H](O)c1ccc(O)c(NC=O)c1)c1ccc(OCCC[N+]23CCC(CC2)[C@@H](OC[C@@](O)(c2ccccc2)C2CCCC2)C3)cc1.[Br-]. The lowest BCUT2D eigenvalue weighted by atomic mass is 9.80. The van der Waals surface area contributed by atoms with Crippen LogP contribution in [0.4, 0.5) is 5.69 Å². The summed E-state index contributed by atoms with van der Waals surface area (Å²) in [6.07, 6.45) is 8.62. The fourth-order valence-electron chi connectivity index (χ4n) is 8.72. The number of aliphatic hydroxyl groups is 2. The van der Waals surface area contributed by atoms with Gasteiger partial charge in [0.25, 0.3) is 0 Å². The van der Waals surface area contributed by atoms with Crippen LogP contribution < -0.4 is 32.4 Å². The van der Waals surface area contributed by atoms with Crippen molar-refractivity contribution < 1.29 is 51.1 Å². The summed E-state index contributed by atoms with van der Waals surface area (Å²) in [5.41, 5.74) is 2.08. The van der Waals surface area contributed by atoms with E-state index in [0.717, 1.165) is 60.1 Å². The Hall–Kier alpha value is -2.99. The summed E-state index contributed by atoms with van der Waals surface area (Å²) in [6, 6.07) is 23.2. The molecule has 1 unspecified atom stereocenters. The number of phenols is 1. The van der Waals surface area contributed by atoms with Crippen LogP contribution in [-0.2, 0) is 15.1 Å². The van der Waals surface area contributed by atoms with E-state index in [-0.39, 0.29) is 46.5 Å². The molecule has 0 spiro atoms. The Morgan fingerprint density at radius 3 is 2.37 bits per heavy atom. The lowest BCUT2D eigenvalue weighted by Gasteiger charge is -2.53. The monoisotopic (exact) mass is 765 g/mol. The molecule has 1 saturated carbocycles. The average Bonchev–Trinajstić information content (AvgIpc) is 3.71. The predicted molar refractivity (Wildman–Crippen MR) is 195 cm³/mol. The van der Waals surface area contributed by atoms with Crippen LogP contribution in [0, 0.1) is 11.8 Å². The second kappa shape index (κ2) is 18.2. The van der Waals surface area contributed by atoms with Crippen LogP contribution in [0.5, 0.6) is 11.5 Å². The van der Waals surface area contributed by atoms with Gasteiger partial charge < -0.3 is 56.9 Å². The first-order valence-corrected chi connectivity index (χ1v) is 18.7. The number of quaternary nitrogens is 1. The van der Waals surface area contributed by atoms with Gasteiger partial charge in [-0.05, 0) is 66.1 Å². The average molecular weight is 767 g/mol. The second-order valence-corrected chi connectivity index (χ2v) is 14.8. The third-order valence-corrected chi connectivity index (χ3v) is 11.8. The van der Waals surface area contributed by atoms with Gasteiger partial charge in [-0.3, -0.25) is 4.79 Å². The second-order valence-electron chi connectivity index (χ2n) is 14.8. The molecule has 3 saturated heterocycles. The van der Waals surface area contributed by atoms with Crippen molar-refractivity contribution in [1.82, 2.24) is 5.32 Å². The van der Waals surface area contributed by atoms with Crippen molar-refractivity contribution in [3.05, 3.63) is 89.5 Å². The molecule has 3 aromatic carbocycles. The number of carbonyl (C=O) groups excluding carboxylic acids is 1. The summed E-state index contributed by atoms with van der Waals surface area (Å²) in [4.78, 5) is 10.8. The molecule has 278 valence electrons. The highest BCUT2D eigenvalue weighted by molar-refractivity contribution is 5.75. The lowest BCUT2D eigenvalue weighted by Crippen LogP contribution is -3.00. The number of halogens is 1. The molecule has 1 amide bonds. The highest BCUT2D eigenvalue weighted by Gasteiger charge is 2.48. The lowest BCUT2D eigenvalue weighted by molar-refractivity contribution is -0.946. The van der Waals surface area contributed by atoms with Crippen LogP contribution >= 0.6 is 0 Å². The molecule has 0 radical (unpaired) electrons. The predicted octanol–water partition coefficient (Wildman–Crippen LogP) is 3.21. The molecule has 3 aliphatic heterocycles. The molecular formula is C41H56BrN3O6. The molecule has 1 aliphatic carbocycles. The molecule has 2 bridgehead atoms. The number of nitrogens with zero attached hydrogens (tertiary/aromatic N) is 1. The Labute approximate surface area is 313 Å². The number of amides is 1. The van der Waals surface area contributed by atoms with E-state index >= 15 is 0 Å². The van der Waals surface area contributed by atoms with E-state index in [0.29, 0.717) is 37.6 Å². The van der Waals surface area contributed by atoms with E-state index in [9.17, 15) is 20.1 Å². The maximum Gasteiger partial charge on any atom is 0.211 e. The Kier molecular flexibility index (Phi) is 14.0. The van der Waals surface area contributed by atoms with Crippen molar-refractivity contribution in [1.29, 1.82) is 0 Å². The van der Waals surface area contributed by atoms with Gasteiger partial charge in [0.1, 0.15) is 29.7 Å². The zero-order valence-corrected chi connectivity index (χ0v) is 31.5. The third kappa shape index (κ3) is 9.52. The number of carbonyl (C=O) groups is 1. The largest absolute Gasteiger partial charge is 1.00 e. The zero-order chi connectivity index (χ0) is 35.0. The molecule has 3 aromatic rings. The van der Waals surface area contributed by atoms with E-state index in [1.165, 1.54) is 44.8 Å². The fourth-order valence-corrected chi connectivity index (χ4v) is 8.72. The van der Waals surface area contributed by atoms with Crippen LogP contribution in [0.1, 0.15) is 87.1 Å². The van der Waals surface area contributed by atoms with Gasteiger partial charge in [-0.2, -0.15) is 0 Å². The van der Waals surface area contributed by atoms with Gasteiger partial charge >= 0.3 is 0 Å². The van der Waals surface area contributed by atoms with Crippen LogP contribution in [0.3, 0.4) is 0 Å². The number of phenolic OH excluding ortho intramolecular Hbond substituents is 1. The Balaban J connectivity index is 0.00000504. The summed E-state index contributed by atoms with van der Waals surface area (Å²) < 4.78 is 14.0. The van der Waals surface area contributed by atoms with E-state index in [4.69, 9.17) is 9.47 Å². The van der Waals surface area contributed by atoms with Crippen LogP contribution in [0.15, 0.2) is 72.8 Å². The fraction of sp³-hybridized carbons (Fsp3) is 0.537. The minimum Gasteiger partial charge on any atom is -1.00 e.